The Balaban J connectivity index is 2.82. The molecule has 2 unspecified atom stereocenters. The fourth-order valence-electron chi connectivity index (χ4n) is 1.33. The number of para-hydroxylation sites is 1. The van der Waals surface area contributed by atoms with Crippen LogP contribution in [-0.4, -0.2) is 34.7 Å². The van der Waals surface area contributed by atoms with E-state index in [-0.39, 0.29) is 18.2 Å². The molecule has 0 aliphatic rings. The van der Waals surface area contributed by atoms with E-state index in [1.807, 2.05) is 5.43 Å². The van der Waals surface area contributed by atoms with Gasteiger partial charge in [-0.25, -0.2) is 5.84 Å². The van der Waals surface area contributed by atoms with E-state index in [2.05, 4.69) is 0 Å². The summed E-state index contributed by atoms with van der Waals surface area (Å²) in [5.74, 6) is 4.59. The van der Waals surface area contributed by atoms with Crippen LogP contribution in [0.15, 0.2) is 24.3 Å². The van der Waals surface area contributed by atoms with Gasteiger partial charge >= 0.3 is 0 Å². The zero-order valence-corrected chi connectivity index (χ0v) is 10.3. The van der Waals surface area contributed by atoms with Crippen molar-refractivity contribution in [3.05, 3.63) is 29.8 Å². The topological polar surface area (TPSA) is 105 Å². The molecule has 0 saturated heterocycles. The van der Waals surface area contributed by atoms with E-state index < -0.39 is 18.1 Å². The van der Waals surface area contributed by atoms with E-state index in [0.29, 0.717) is 5.56 Å². The minimum Gasteiger partial charge on any atom is -0.483 e. The van der Waals surface area contributed by atoms with Crippen molar-refractivity contribution < 1.29 is 19.7 Å². The molecule has 1 amide bonds. The molecule has 6 nitrogen and oxygen atoms in total. The van der Waals surface area contributed by atoms with Crippen LogP contribution in [0, 0.1) is 0 Å². The highest BCUT2D eigenvalue weighted by molar-refractivity contribution is 6.18. The molecule has 1 aromatic rings. The van der Waals surface area contributed by atoms with Gasteiger partial charge < -0.3 is 14.9 Å². The van der Waals surface area contributed by atoms with Crippen LogP contribution in [0.5, 0.6) is 5.75 Å². The summed E-state index contributed by atoms with van der Waals surface area (Å²) in [7, 11) is 0. The van der Waals surface area contributed by atoms with Crippen LogP contribution in [0.3, 0.4) is 0 Å². The lowest BCUT2D eigenvalue weighted by atomic mass is 10.0. The Morgan fingerprint density at radius 1 is 1.44 bits per heavy atom. The van der Waals surface area contributed by atoms with Gasteiger partial charge in [0.2, 0.25) is 0 Å². The van der Waals surface area contributed by atoms with Crippen molar-refractivity contribution in [3.63, 3.8) is 0 Å². The molecule has 0 aliphatic carbocycles. The summed E-state index contributed by atoms with van der Waals surface area (Å²) in [4.78, 5) is 11.0. The molecule has 100 valence electrons. The molecule has 0 spiro atoms. The van der Waals surface area contributed by atoms with Gasteiger partial charge in [-0.15, -0.1) is 11.6 Å². The number of carbonyl (C=O) groups excluding carboxylic acids is 1. The van der Waals surface area contributed by atoms with Crippen LogP contribution in [0.25, 0.3) is 0 Å². The van der Waals surface area contributed by atoms with Crippen molar-refractivity contribution in [2.45, 2.75) is 12.2 Å². The van der Waals surface area contributed by atoms with Gasteiger partial charge in [0.25, 0.3) is 5.91 Å². The van der Waals surface area contributed by atoms with Crippen molar-refractivity contribution in [2.24, 2.45) is 5.84 Å². The number of carbonyl (C=O) groups is 1. The number of halogens is 1. The lowest BCUT2D eigenvalue weighted by molar-refractivity contribution is -0.123. The van der Waals surface area contributed by atoms with Gasteiger partial charge in [-0.1, -0.05) is 18.2 Å². The van der Waals surface area contributed by atoms with Crippen LogP contribution >= 0.6 is 11.6 Å². The van der Waals surface area contributed by atoms with Gasteiger partial charge in [0.1, 0.15) is 11.9 Å². The molecule has 1 aromatic carbocycles. The predicted molar refractivity (Wildman–Crippen MR) is 66.0 cm³/mol. The number of benzene rings is 1. The number of nitrogens with one attached hydrogen (secondary N) is 1. The highest BCUT2D eigenvalue weighted by Crippen LogP contribution is 2.27. The monoisotopic (exact) mass is 274 g/mol. The maximum Gasteiger partial charge on any atom is 0.271 e. The maximum atomic E-state index is 11.0. The van der Waals surface area contributed by atoms with Crippen molar-refractivity contribution in [3.8, 4) is 5.75 Å². The van der Waals surface area contributed by atoms with Crippen molar-refractivity contribution in [1.29, 1.82) is 0 Å². The number of rotatable bonds is 6. The Kier molecular flexibility index (Phi) is 5.87. The molecule has 0 fully saturated rings. The number of aliphatic hydroxyl groups is 2. The van der Waals surface area contributed by atoms with Gasteiger partial charge in [0, 0.05) is 5.56 Å². The minimum absolute atomic E-state index is 0.112. The molecular formula is C11H15ClN2O4. The predicted octanol–water partition coefficient (Wildman–Crippen LogP) is -0.312. The van der Waals surface area contributed by atoms with E-state index in [0.717, 1.165) is 0 Å². The largest absolute Gasteiger partial charge is 0.483 e. The summed E-state index contributed by atoms with van der Waals surface area (Å²) in [6, 6.07) is 6.51. The molecule has 0 radical (unpaired) electrons. The number of nitrogens with two attached hydrogens (primary N) is 1. The maximum absolute atomic E-state index is 11.0. The molecule has 0 saturated carbocycles. The normalized spacial score (nSPS) is 13.8. The Morgan fingerprint density at radius 3 is 2.72 bits per heavy atom. The molecule has 2 atom stereocenters. The number of hydrogen-bond donors (Lipinski definition) is 4. The first-order chi connectivity index (χ1) is 8.60. The van der Waals surface area contributed by atoms with Gasteiger partial charge in [-0.3, -0.25) is 10.2 Å². The summed E-state index contributed by atoms with van der Waals surface area (Å²) in [6.45, 7) is -0.281. The van der Waals surface area contributed by atoms with E-state index in [1.165, 1.54) is 0 Å². The number of aliphatic hydroxyl groups excluding tert-OH is 2. The quantitative estimate of drug-likeness (QED) is 0.246. The summed E-state index contributed by atoms with van der Waals surface area (Å²) in [6.07, 6.45) is -2.29. The Hall–Kier alpha value is -1.34. The van der Waals surface area contributed by atoms with Crippen LogP contribution in [0.4, 0.5) is 0 Å². The Bertz CT molecular complexity index is 402. The first-order valence-electron chi connectivity index (χ1n) is 5.23. The highest BCUT2D eigenvalue weighted by Gasteiger charge is 2.21. The van der Waals surface area contributed by atoms with Gasteiger partial charge in [-0.05, 0) is 6.07 Å². The summed E-state index contributed by atoms with van der Waals surface area (Å²) < 4.78 is 5.20. The molecule has 5 N–H and O–H groups in total. The van der Waals surface area contributed by atoms with Crippen molar-refractivity contribution in [1.82, 2.24) is 5.43 Å². The fourth-order valence-corrected chi connectivity index (χ4v) is 1.50. The molecule has 0 bridgehead atoms. The average molecular weight is 275 g/mol. The third kappa shape index (κ3) is 3.85. The molecule has 1 rings (SSSR count). The minimum atomic E-state index is -1.18. The van der Waals surface area contributed by atoms with Crippen LogP contribution in [0.1, 0.15) is 11.7 Å². The van der Waals surface area contributed by atoms with Crippen LogP contribution < -0.4 is 16.0 Å². The highest BCUT2D eigenvalue weighted by atomic mass is 35.5. The van der Waals surface area contributed by atoms with Crippen molar-refractivity contribution >= 4 is 17.5 Å². The van der Waals surface area contributed by atoms with E-state index in [9.17, 15) is 15.0 Å². The number of hydrazine groups is 1. The lowest BCUT2D eigenvalue weighted by Gasteiger charge is -2.19. The number of hydrogen-bond acceptors (Lipinski definition) is 5. The van der Waals surface area contributed by atoms with Gasteiger partial charge in [0.05, 0.1) is 12.0 Å². The Morgan fingerprint density at radius 2 is 2.11 bits per heavy atom. The first-order valence-corrected chi connectivity index (χ1v) is 5.76. The van der Waals surface area contributed by atoms with E-state index in [4.69, 9.17) is 22.2 Å². The van der Waals surface area contributed by atoms with Crippen LogP contribution in [-0.2, 0) is 4.79 Å². The molecule has 0 aliphatic heterocycles. The molecular weight excluding hydrogens is 260 g/mol. The average Bonchev–Trinajstić information content (AvgIpc) is 2.43. The van der Waals surface area contributed by atoms with Crippen LogP contribution in [0.2, 0.25) is 0 Å². The molecule has 18 heavy (non-hydrogen) atoms. The second-order valence-electron chi connectivity index (χ2n) is 3.56. The number of alkyl halides is 1. The van der Waals surface area contributed by atoms with Crippen molar-refractivity contribution in [2.75, 3.05) is 12.5 Å². The first kappa shape index (κ1) is 14.7. The lowest BCUT2D eigenvalue weighted by Crippen LogP contribution is -2.34. The molecule has 0 aromatic heterocycles. The Labute approximate surface area is 109 Å². The SMILES string of the molecule is NNC(=O)COc1ccccc1C(O)C(O)CCl. The molecule has 0 heterocycles. The zero-order valence-electron chi connectivity index (χ0n) is 9.54. The second-order valence-corrected chi connectivity index (χ2v) is 3.87. The van der Waals surface area contributed by atoms with E-state index in [1.54, 1.807) is 24.3 Å². The summed E-state index contributed by atoms with van der Waals surface area (Å²) >= 11 is 5.47. The van der Waals surface area contributed by atoms with Gasteiger partial charge in [0.15, 0.2) is 6.61 Å². The summed E-state index contributed by atoms with van der Waals surface area (Å²) in [5.41, 5.74) is 2.28. The second kappa shape index (κ2) is 7.17. The fraction of sp³-hybridized carbons (Fsp3) is 0.364. The van der Waals surface area contributed by atoms with E-state index >= 15 is 0 Å². The zero-order chi connectivity index (χ0) is 13.5. The van der Waals surface area contributed by atoms with Gasteiger partial charge in [-0.2, -0.15) is 0 Å². The third-order valence-electron chi connectivity index (χ3n) is 2.28. The molecule has 7 heteroatoms. The standard InChI is InChI=1S/C11H15ClN2O4/c12-5-8(15)11(17)7-3-1-2-4-9(7)18-6-10(16)14-13/h1-4,8,11,15,17H,5-6,13H2,(H,14,16). The number of ether oxygens (including phenoxy) is 1. The third-order valence-corrected chi connectivity index (χ3v) is 2.60. The number of amides is 1. The smallest absolute Gasteiger partial charge is 0.271 e. The summed E-state index contributed by atoms with van der Waals surface area (Å²) in [5, 5.41) is 19.3.